The third-order valence-corrected chi connectivity index (χ3v) is 4.07. The highest BCUT2D eigenvalue weighted by atomic mass is 32.1. The molecule has 0 aliphatic carbocycles. The lowest BCUT2D eigenvalue weighted by Gasteiger charge is -2.11. The minimum Gasteiger partial charge on any atom is -0.486 e. The Kier molecular flexibility index (Phi) is 4.30. The zero-order valence-electron chi connectivity index (χ0n) is 10.9. The number of rotatable bonds is 4. The molecule has 18 heavy (non-hydrogen) atoms. The van der Waals surface area contributed by atoms with Gasteiger partial charge in [-0.3, -0.25) is 0 Å². The van der Waals surface area contributed by atoms with Crippen LogP contribution in [0.1, 0.15) is 27.4 Å². The van der Waals surface area contributed by atoms with Gasteiger partial charge in [0.15, 0.2) is 0 Å². The van der Waals surface area contributed by atoms with Gasteiger partial charge in [-0.25, -0.2) is 4.98 Å². The van der Waals surface area contributed by atoms with E-state index < -0.39 is 0 Å². The fourth-order valence-electron chi connectivity index (χ4n) is 1.78. The van der Waals surface area contributed by atoms with Gasteiger partial charge in [-0.1, -0.05) is 6.07 Å². The maximum atomic E-state index is 5.87. The van der Waals surface area contributed by atoms with Crippen molar-refractivity contribution in [1.82, 2.24) is 4.98 Å². The Bertz CT molecular complexity index is 549. The number of benzene rings is 1. The number of thiol groups is 1. The van der Waals surface area contributed by atoms with E-state index >= 15 is 0 Å². The van der Waals surface area contributed by atoms with Crippen LogP contribution in [0.3, 0.4) is 0 Å². The summed E-state index contributed by atoms with van der Waals surface area (Å²) in [6.07, 6.45) is 0. The van der Waals surface area contributed by atoms with Gasteiger partial charge in [0.25, 0.3) is 0 Å². The van der Waals surface area contributed by atoms with Gasteiger partial charge in [0.05, 0.1) is 5.69 Å². The number of hydrogen-bond acceptors (Lipinski definition) is 4. The monoisotopic (exact) mass is 279 g/mol. The van der Waals surface area contributed by atoms with E-state index in [9.17, 15) is 0 Å². The van der Waals surface area contributed by atoms with E-state index in [1.165, 1.54) is 16.7 Å². The van der Waals surface area contributed by atoms with Gasteiger partial charge >= 0.3 is 0 Å². The molecule has 0 aliphatic rings. The van der Waals surface area contributed by atoms with Crippen molar-refractivity contribution in [3.63, 3.8) is 0 Å². The molecule has 0 aliphatic heterocycles. The van der Waals surface area contributed by atoms with Crippen molar-refractivity contribution in [2.45, 2.75) is 33.1 Å². The van der Waals surface area contributed by atoms with E-state index in [4.69, 9.17) is 4.74 Å². The average molecular weight is 279 g/mol. The Labute approximate surface area is 117 Å². The summed E-state index contributed by atoms with van der Waals surface area (Å²) in [4.78, 5) is 4.44. The minimum absolute atomic E-state index is 0.530. The number of aromatic nitrogens is 1. The second-order valence-electron chi connectivity index (χ2n) is 4.38. The van der Waals surface area contributed by atoms with Crippen LogP contribution in [-0.2, 0) is 12.4 Å². The normalized spacial score (nSPS) is 10.7. The maximum absolute atomic E-state index is 5.87. The molecule has 0 radical (unpaired) electrons. The summed E-state index contributed by atoms with van der Waals surface area (Å²) in [6.45, 7) is 6.81. The van der Waals surface area contributed by atoms with Crippen LogP contribution in [0, 0.1) is 20.8 Å². The van der Waals surface area contributed by atoms with Gasteiger partial charge < -0.3 is 4.74 Å². The molecule has 2 nitrogen and oxygen atoms in total. The minimum atomic E-state index is 0.530. The molecule has 0 bridgehead atoms. The molecule has 0 atom stereocenters. The Morgan fingerprint density at radius 3 is 2.72 bits per heavy atom. The molecule has 0 unspecified atom stereocenters. The zero-order chi connectivity index (χ0) is 13.1. The van der Waals surface area contributed by atoms with E-state index in [0.29, 0.717) is 12.4 Å². The number of thiazole rings is 1. The number of ether oxygens (including phenoxy) is 1. The highest BCUT2D eigenvalue weighted by molar-refractivity contribution is 7.79. The molecule has 0 spiro atoms. The number of aryl methyl sites for hydroxylation is 2. The Balaban J connectivity index is 2.10. The lowest BCUT2D eigenvalue weighted by molar-refractivity contribution is 0.303. The van der Waals surface area contributed by atoms with Crippen LogP contribution >= 0.6 is 24.0 Å². The Hall–Kier alpha value is -1.00. The second-order valence-corrected chi connectivity index (χ2v) is 5.64. The van der Waals surface area contributed by atoms with Crippen molar-refractivity contribution in [3.8, 4) is 5.75 Å². The summed E-state index contributed by atoms with van der Waals surface area (Å²) in [7, 11) is 0. The smallest absolute Gasteiger partial charge is 0.140 e. The van der Waals surface area contributed by atoms with Crippen LogP contribution in [0.15, 0.2) is 17.5 Å². The molecular formula is C14H17NOS2. The molecule has 0 saturated carbocycles. The molecule has 0 saturated heterocycles. The van der Waals surface area contributed by atoms with Crippen LogP contribution in [-0.4, -0.2) is 4.98 Å². The van der Waals surface area contributed by atoms with Crippen LogP contribution in [0.2, 0.25) is 0 Å². The predicted octanol–water partition coefficient (Wildman–Crippen LogP) is 4.08. The molecule has 1 heterocycles. The summed E-state index contributed by atoms with van der Waals surface area (Å²) in [6, 6.07) is 4.25. The van der Waals surface area contributed by atoms with Crippen LogP contribution < -0.4 is 4.74 Å². The molecule has 4 heteroatoms. The summed E-state index contributed by atoms with van der Waals surface area (Å²) in [5.74, 6) is 1.63. The van der Waals surface area contributed by atoms with Gasteiger partial charge in [-0.15, -0.1) is 11.3 Å². The number of nitrogens with zero attached hydrogens (tertiary/aromatic N) is 1. The molecule has 0 amide bonds. The topological polar surface area (TPSA) is 22.1 Å². The standard InChI is InChI=1S/C14H17NOS2/c1-9-4-10(2)11(3)13(5-9)16-6-14-15-12(7-17)8-18-14/h4-5,8,17H,6-7H2,1-3H3. The fourth-order valence-corrected chi connectivity index (χ4v) is 2.77. The lowest BCUT2D eigenvalue weighted by Crippen LogP contribution is -1.98. The second kappa shape index (κ2) is 5.76. The van der Waals surface area contributed by atoms with Gasteiger partial charge in [0.1, 0.15) is 17.4 Å². The quantitative estimate of drug-likeness (QED) is 0.852. The van der Waals surface area contributed by atoms with E-state index in [2.05, 4.69) is 50.5 Å². The molecule has 1 aromatic heterocycles. The zero-order valence-corrected chi connectivity index (χ0v) is 12.6. The molecule has 0 fully saturated rings. The summed E-state index contributed by atoms with van der Waals surface area (Å²) >= 11 is 5.83. The van der Waals surface area contributed by atoms with Crippen molar-refractivity contribution in [1.29, 1.82) is 0 Å². The van der Waals surface area contributed by atoms with Gasteiger partial charge in [-0.05, 0) is 43.5 Å². The van der Waals surface area contributed by atoms with Crippen LogP contribution in [0.4, 0.5) is 0 Å². The van der Waals surface area contributed by atoms with E-state index in [-0.39, 0.29) is 0 Å². The largest absolute Gasteiger partial charge is 0.486 e. The average Bonchev–Trinajstić information content (AvgIpc) is 2.80. The van der Waals surface area contributed by atoms with Gasteiger partial charge in [0.2, 0.25) is 0 Å². The van der Waals surface area contributed by atoms with Crippen molar-refractivity contribution in [2.75, 3.05) is 0 Å². The van der Waals surface area contributed by atoms with Crippen molar-refractivity contribution in [3.05, 3.63) is 44.9 Å². The summed E-state index contributed by atoms with van der Waals surface area (Å²) < 4.78 is 5.87. The molecule has 0 N–H and O–H groups in total. The Morgan fingerprint density at radius 2 is 2.06 bits per heavy atom. The van der Waals surface area contributed by atoms with Crippen molar-refractivity contribution in [2.24, 2.45) is 0 Å². The maximum Gasteiger partial charge on any atom is 0.140 e. The van der Waals surface area contributed by atoms with E-state index in [1.54, 1.807) is 11.3 Å². The third-order valence-electron chi connectivity index (χ3n) is 2.88. The van der Waals surface area contributed by atoms with Crippen molar-refractivity contribution >= 4 is 24.0 Å². The highest BCUT2D eigenvalue weighted by Crippen LogP contribution is 2.24. The molecule has 2 aromatic rings. The third kappa shape index (κ3) is 3.06. The van der Waals surface area contributed by atoms with E-state index in [0.717, 1.165) is 16.5 Å². The SMILES string of the molecule is Cc1cc(C)c(C)c(OCc2nc(CS)cs2)c1. The lowest BCUT2D eigenvalue weighted by atomic mass is 10.1. The van der Waals surface area contributed by atoms with E-state index in [1.807, 2.05) is 5.38 Å². The van der Waals surface area contributed by atoms with Gasteiger partial charge in [0, 0.05) is 11.1 Å². The number of hydrogen-bond donors (Lipinski definition) is 1. The molecule has 2 rings (SSSR count). The first kappa shape index (κ1) is 13.4. The molecular weight excluding hydrogens is 262 g/mol. The first-order chi connectivity index (χ1) is 8.60. The van der Waals surface area contributed by atoms with Gasteiger partial charge in [-0.2, -0.15) is 12.6 Å². The molecule has 96 valence electrons. The van der Waals surface area contributed by atoms with Crippen LogP contribution in [0.5, 0.6) is 5.75 Å². The molecule has 1 aromatic carbocycles. The first-order valence-corrected chi connectivity index (χ1v) is 7.36. The predicted molar refractivity (Wildman–Crippen MR) is 79.8 cm³/mol. The highest BCUT2D eigenvalue weighted by Gasteiger charge is 2.06. The fraction of sp³-hybridized carbons (Fsp3) is 0.357. The first-order valence-electron chi connectivity index (χ1n) is 5.85. The Morgan fingerprint density at radius 1 is 1.28 bits per heavy atom. The summed E-state index contributed by atoms with van der Waals surface area (Å²) in [5.41, 5.74) is 4.70. The summed E-state index contributed by atoms with van der Waals surface area (Å²) in [5, 5.41) is 3.03. The van der Waals surface area contributed by atoms with Crippen LogP contribution in [0.25, 0.3) is 0 Å². The van der Waals surface area contributed by atoms with Crippen molar-refractivity contribution < 1.29 is 4.74 Å².